The first-order valence-corrected chi connectivity index (χ1v) is 8.76. The molecule has 4 nitrogen and oxygen atoms in total. The molecule has 0 atom stereocenters. The van der Waals surface area contributed by atoms with Crippen LogP contribution in [0.2, 0.25) is 0 Å². The van der Waals surface area contributed by atoms with Gasteiger partial charge in [0.05, 0.1) is 0 Å². The third-order valence-electron chi connectivity index (χ3n) is 4.06. The van der Waals surface area contributed by atoms with E-state index in [4.69, 9.17) is 0 Å². The van der Waals surface area contributed by atoms with Gasteiger partial charge in [-0.05, 0) is 51.3 Å². The number of aryl methyl sites for hydroxylation is 1. The van der Waals surface area contributed by atoms with E-state index in [1.165, 1.54) is 5.56 Å². The maximum atomic E-state index is 12.4. The third kappa shape index (κ3) is 6.20. The standard InChI is InChI=1S/C22H26N2O2/c1-17(14-15-18-10-6-4-7-11-18)16-20(25)24-22(2,3)21(26)23-19-12-8-5-9-13-19/h4-13,16H,14-15H2,1-3H3,(H,23,26)(H,24,25)/b17-16+. The molecule has 136 valence electrons. The summed E-state index contributed by atoms with van der Waals surface area (Å²) < 4.78 is 0. The normalized spacial score (nSPS) is 11.7. The smallest absolute Gasteiger partial charge is 0.249 e. The summed E-state index contributed by atoms with van der Waals surface area (Å²) in [5.41, 5.74) is 1.91. The highest BCUT2D eigenvalue weighted by molar-refractivity contribution is 6.01. The number of allylic oxidation sites excluding steroid dienone is 1. The van der Waals surface area contributed by atoms with Crippen LogP contribution in [0.15, 0.2) is 72.3 Å². The Morgan fingerprint density at radius 2 is 1.54 bits per heavy atom. The first-order chi connectivity index (χ1) is 12.4. The SMILES string of the molecule is C/C(=C\C(=O)NC(C)(C)C(=O)Nc1ccccc1)CCc1ccccc1. The van der Waals surface area contributed by atoms with Gasteiger partial charge in [0.15, 0.2) is 0 Å². The Kier molecular flexibility index (Phi) is 6.73. The number of para-hydroxylation sites is 1. The van der Waals surface area contributed by atoms with Gasteiger partial charge in [0.1, 0.15) is 5.54 Å². The van der Waals surface area contributed by atoms with Crippen molar-refractivity contribution in [3.8, 4) is 0 Å². The van der Waals surface area contributed by atoms with E-state index < -0.39 is 5.54 Å². The van der Waals surface area contributed by atoms with Crippen LogP contribution >= 0.6 is 0 Å². The molecule has 2 aromatic carbocycles. The van der Waals surface area contributed by atoms with E-state index in [9.17, 15) is 9.59 Å². The highest BCUT2D eigenvalue weighted by Gasteiger charge is 2.28. The average Bonchev–Trinajstić information content (AvgIpc) is 2.61. The molecule has 0 aliphatic rings. The van der Waals surface area contributed by atoms with Gasteiger partial charge in [-0.1, -0.05) is 54.1 Å². The molecule has 0 fully saturated rings. The summed E-state index contributed by atoms with van der Waals surface area (Å²) in [6, 6.07) is 19.3. The molecule has 2 rings (SSSR count). The molecule has 0 aliphatic heterocycles. The molecular weight excluding hydrogens is 324 g/mol. The Balaban J connectivity index is 1.88. The number of carbonyl (C=O) groups excluding carboxylic acids is 2. The Labute approximate surface area is 155 Å². The van der Waals surface area contributed by atoms with Crippen molar-refractivity contribution in [1.29, 1.82) is 0 Å². The van der Waals surface area contributed by atoms with Gasteiger partial charge in [-0.25, -0.2) is 0 Å². The minimum absolute atomic E-state index is 0.257. The topological polar surface area (TPSA) is 58.2 Å². The first kappa shape index (κ1) is 19.4. The summed E-state index contributed by atoms with van der Waals surface area (Å²) in [7, 11) is 0. The van der Waals surface area contributed by atoms with Crippen molar-refractivity contribution < 1.29 is 9.59 Å². The molecule has 0 bridgehead atoms. The van der Waals surface area contributed by atoms with Crippen molar-refractivity contribution in [3.05, 3.63) is 77.9 Å². The minimum Gasteiger partial charge on any atom is -0.339 e. The second-order valence-corrected chi connectivity index (χ2v) is 6.91. The molecule has 26 heavy (non-hydrogen) atoms. The average molecular weight is 350 g/mol. The van der Waals surface area contributed by atoms with Gasteiger partial charge >= 0.3 is 0 Å². The Morgan fingerprint density at radius 1 is 0.962 bits per heavy atom. The van der Waals surface area contributed by atoms with Gasteiger partial charge in [-0.15, -0.1) is 0 Å². The fraction of sp³-hybridized carbons (Fsp3) is 0.273. The number of hydrogen-bond acceptors (Lipinski definition) is 2. The van der Waals surface area contributed by atoms with E-state index in [0.717, 1.165) is 18.4 Å². The molecule has 2 amide bonds. The molecule has 0 spiro atoms. The monoisotopic (exact) mass is 350 g/mol. The second-order valence-electron chi connectivity index (χ2n) is 6.91. The minimum atomic E-state index is -1.01. The predicted molar refractivity (Wildman–Crippen MR) is 106 cm³/mol. The zero-order valence-corrected chi connectivity index (χ0v) is 15.6. The Morgan fingerprint density at radius 3 is 2.15 bits per heavy atom. The summed E-state index contributed by atoms with van der Waals surface area (Å²) >= 11 is 0. The van der Waals surface area contributed by atoms with E-state index in [1.807, 2.05) is 55.5 Å². The highest BCUT2D eigenvalue weighted by atomic mass is 16.2. The third-order valence-corrected chi connectivity index (χ3v) is 4.06. The van der Waals surface area contributed by atoms with E-state index >= 15 is 0 Å². The van der Waals surface area contributed by atoms with Crippen molar-refractivity contribution in [2.75, 3.05) is 5.32 Å². The van der Waals surface area contributed by atoms with Crippen LogP contribution in [0.3, 0.4) is 0 Å². The van der Waals surface area contributed by atoms with Crippen LogP contribution in [0.4, 0.5) is 5.69 Å². The Hall–Kier alpha value is -2.88. The summed E-state index contributed by atoms with van der Waals surface area (Å²) in [5.74, 6) is -0.517. The molecule has 0 aromatic heterocycles. The van der Waals surface area contributed by atoms with Crippen LogP contribution in [0.25, 0.3) is 0 Å². The van der Waals surface area contributed by atoms with Crippen molar-refractivity contribution in [2.24, 2.45) is 0 Å². The van der Waals surface area contributed by atoms with E-state index in [-0.39, 0.29) is 11.8 Å². The van der Waals surface area contributed by atoms with Crippen LogP contribution in [-0.4, -0.2) is 17.4 Å². The highest BCUT2D eigenvalue weighted by Crippen LogP contribution is 2.12. The van der Waals surface area contributed by atoms with Gasteiger partial charge < -0.3 is 10.6 Å². The van der Waals surface area contributed by atoms with Crippen molar-refractivity contribution in [1.82, 2.24) is 5.32 Å². The quantitative estimate of drug-likeness (QED) is 0.739. The summed E-state index contributed by atoms with van der Waals surface area (Å²) in [4.78, 5) is 24.7. The number of carbonyl (C=O) groups is 2. The Bertz CT molecular complexity index is 765. The molecule has 0 unspecified atom stereocenters. The summed E-state index contributed by atoms with van der Waals surface area (Å²) in [5, 5.41) is 5.59. The predicted octanol–water partition coefficient (Wildman–Crippen LogP) is 4.10. The van der Waals surface area contributed by atoms with Crippen molar-refractivity contribution in [2.45, 2.75) is 39.2 Å². The fourth-order valence-electron chi connectivity index (χ4n) is 2.49. The van der Waals surface area contributed by atoms with E-state index in [1.54, 1.807) is 19.9 Å². The van der Waals surface area contributed by atoms with Crippen molar-refractivity contribution >= 4 is 17.5 Å². The molecule has 0 aliphatic carbocycles. The largest absolute Gasteiger partial charge is 0.339 e. The van der Waals surface area contributed by atoms with Gasteiger partial charge in [-0.3, -0.25) is 9.59 Å². The zero-order chi connectivity index (χ0) is 19.0. The van der Waals surface area contributed by atoms with Crippen LogP contribution < -0.4 is 10.6 Å². The molecule has 0 saturated heterocycles. The maximum absolute atomic E-state index is 12.4. The molecule has 4 heteroatoms. The summed E-state index contributed by atoms with van der Waals surface area (Å²) in [6.45, 7) is 5.31. The van der Waals surface area contributed by atoms with Gasteiger partial charge in [0, 0.05) is 11.8 Å². The maximum Gasteiger partial charge on any atom is 0.249 e. The lowest BCUT2D eigenvalue weighted by molar-refractivity contribution is -0.126. The van der Waals surface area contributed by atoms with Gasteiger partial charge in [0.2, 0.25) is 11.8 Å². The first-order valence-electron chi connectivity index (χ1n) is 8.76. The number of amides is 2. The number of hydrogen-bond donors (Lipinski definition) is 2. The van der Waals surface area contributed by atoms with Crippen molar-refractivity contribution in [3.63, 3.8) is 0 Å². The molecule has 2 aromatic rings. The van der Waals surface area contributed by atoms with Crippen LogP contribution in [0.5, 0.6) is 0 Å². The molecule has 0 saturated carbocycles. The summed E-state index contributed by atoms with van der Waals surface area (Å²) in [6.07, 6.45) is 3.25. The van der Waals surface area contributed by atoms with Crippen LogP contribution in [0, 0.1) is 0 Å². The number of rotatable bonds is 7. The lowest BCUT2D eigenvalue weighted by atomic mass is 10.0. The lowest BCUT2D eigenvalue weighted by Crippen LogP contribution is -2.52. The van der Waals surface area contributed by atoms with Gasteiger partial charge in [0.25, 0.3) is 0 Å². The number of benzene rings is 2. The molecule has 2 N–H and O–H groups in total. The number of anilines is 1. The van der Waals surface area contributed by atoms with E-state index in [2.05, 4.69) is 22.8 Å². The molecule has 0 radical (unpaired) electrons. The van der Waals surface area contributed by atoms with Crippen LogP contribution in [0.1, 0.15) is 32.8 Å². The molecular formula is C22H26N2O2. The lowest BCUT2D eigenvalue weighted by Gasteiger charge is -2.24. The zero-order valence-electron chi connectivity index (χ0n) is 15.6. The fourth-order valence-corrected chi connectivity index (χ4v) is 2.49. The molecule has 0 heterocycles. The van der Waals surface area contributed by atoms with Crippen LogP contribution in [-0.2, 0) is 16.0 Å². The van der Waals surface area contributed by atoms with E-state index in [0.29, 0.717) is 5.69 Å². The van der Waals surface area contributed by atoms with Gasteiger partial charge in [-0.2, -0.15) is 0 Å². The second kappa shape index (κ2) is 8.99. The number of nitrogens with one attached hydrogen (secondary N) is 2.